The summed E-state index contributed by atoms with van der Waals surface area (Å²) in [5, 5.41) is 3.40. The first-order valence-electron chi connectivity index (χ1n) is 8.31. The maximum Gasteiger partial charge on any atom is 0.211 e. The molecule has 0 aromatic heterocycles. The molecule has 6 heteroatoms. The van der Waals surface area contributed by atoms with Crippen molar-refractivity contribution in [3.8, 4) is 0 Å². The van der Waals surface area contributed by atoms with Crippen LogP contribution in [0.5, 0.6) is 0 Å². The van der Waals surface area contributed by atoms with Crippen LogP contribution >= 0.6 is 0 Å². The van der Waals surface area contributed by atoms with Gasteiger partial charge in [-0.15, -0.1) is 0 Å². The fourth-order valence-corrected chi connectivity index (χ4v) is 3.24. The third-order valence-corrected chi connectivity index (χ3v) is 5.46. The lowest BCUT2D eigenvalue weighted by Gasteiger charge is -2.20. The molecule has 0 aromatic carbocycles. The first-order valence-corrected chi connectivity index (χ1v) is 9.97. The van der Waals surface area contributed by atoms with E-state index < -0.39 is 10.0 Å². The van der Waals surface area contributed by atoms with Gasteiger partial charge >= 0.3 is 0 Å². The highest BCUT2D eigenvalue weighted by Crippen LogP contribution is 2.18. The summed E-state index contributed by atoms with van der Waals surface area (Å²) in [6.07, 6.45) is 6.18. The van der Waals surface area contributed by atoms with E-state index in [4.69, 9.17) is 0 Å². The van der Waals surface area contributed by atoms with Crippen molar-refractivity contribution in [1.82, 2.24) is 14.9 Å². The molecule has 5 nitrogen and oxygen atoms in total. The van der Waals surface area contributed by atoms with Gasteiger partial charge in [-0.1, -0.05) is 0 Å². The topological polar surface area (TPSA) is 61.4 Å². The Labute approximate surface area is 130 Å². The van der Waals surface area contributed by atoms with Gasteiger partial charge in [-0.05, 0) is 72.5 Å². The minimum absolute atomic E-state index is 0.255. The molecule has 1 rings (SSSR count). The average Bonchev–Trinajstić information content (AvgIpc) is 3.21. The van der Waals surface area contributed by atoms with Crippen LogP contribution in [0.25, 0.3) is 0 Å². The molecule has 2 N–H and O–H groups in total. The van der Waals surface area contributed by atoms with E-state index in [1.165, 1.54) is 12.8 Å². The van der Waals surface area contributed by atoms with E-state index in [9.17, 15) is 8.42 Å². The Hall–Kier alpha value is -0.170. The van der Waals surface area contributed by atoms with Gasteiger partial charge in [0.05, 0.1) is 5.75 Å². The maximum absolute atomic E-state index is 11.8. The van der Waals surface area contributed by atoms with Crippen molar-refractivity contribution in [2.24, 2.45) is 0 Å². The van der Waals surface area contributed by atoms with Crippen LogP contribution in [-0.4, -0.2) is 57.8 Å². The summed E-state index contributed by atoms with van der Waals surface area (Å²) in [4.78, 5) is 2.28. The lowest BCUT2D eigenvalue weighted by atomic mass is 10.2. The van der Waals surface area contributed by atoms with Gasteiger partial charge in [-0.2, -0.15) is 0 Å². The van der Waals surface area contributed by atoms with Crippen LogP contribution in [0.15, 0.2) is 0 Å². The Kier molecular flexibility index (Phi) is 8.78. The minimum atomic E-state index is -3.08. The quantitative estimate of drug-likeness (QED) is 0.506. The van der Waals surface area contributed by atoms with Crippen molar-refractivity contribution < 1.29 is 8.42 Å². The predicted octanol–water partition coefficient (Wildman–Crippen LogP) is 1.56. The van der Waals surface area contributed by atoms with Crippen molar-refractivity contribution in [3.63, 3.8) is 0 Å². The average molecular weight is 320 g/mol. The molecular weight excluding hydrogens is 286 g/mol. The molecule has 1 fully saturated rings. The standard InChI is InChI=1S/C15H33N3O2S/c1-14(2)18(3)12-6-4-11-17-21(19,20)13-7-5-10-16-15-8-9-15/h14-17H,4-13H2,1-3H3. The lowest BCUT2D eigenvalue weighted by Crippen LogP contribution is -2.30. The molecule has 1 aliphatic rings. The van der Waals surface area contributed by atoms with Gasteiger partial charge in [0.25, 0.3) is 0 Å². The van der Waals surface area contributed by atoms with Crippen LogP contribution in [0, 0.1) is 0 Å². The molecule has 0 saturated heterocycles. The van der Waals surface area contributed by atoms with Crippen molar-refractivity contribution in [3.05, 3.63) is 0 Å². The molecule has 0 atom stereocenters. The van der Waals surface area contributed by atoms with Crippen molar-refractivity contribution in [2.45, 2.75) is 64.5 Å². The van der Waals surface area contributed by atoms with Gasteiger partial charge in [0.2, 0.25) is 10.0 Å². The second-order valence-corrected chi connectivity index (χ2v) is 8.36. The van der Waals surface area contributed by atoms with Gasteiger partial charge in [-0.25, -0.2) is 13.1 Å². The number of hydrogen-bond donors (Lipinski definition) is 2. The van der Waals surface area contributed by atoms with Gasteiger partial charge < -0.3 is 10.2 Å². The molecule has 0 spiro atoms. The zero-order valence-electron chi connectivity index (χ0n) is 13.9. The monoisotopic (exact) mass is 319 g/mol. The molecular formula is C15H33N3O2S. The molecule has 0 amide bonds. The Morgan fingerprint density at radius 2 is 1.76 bits per heavy atom. The molecule has 0 bridgehead atoms. The first-order chi connectivity index (χ1) is 9.91. The molecule has 1 saturated carbocycles. The number of nitrogens with one attached hydrogen (secondary N) is 2. The Balaban J connectivity index is 1.95. The van der Waals surface area contributed by atoms with Crippen LogP contribution in [0.1, 0.15) is 52.4 Å². The third-order valence-electron chi connectivity index (χ3n) is 3.99. The maximum atomic E-state index is 11.8. The van der Waals surface area contributed by atoms with E-state index in [0.29, 0.717) is 18.6 Å². The SMILES string of the molecule is CC(C)N(C)CCCCNS(=O)(=O)CCCCNC1CC1. The molecule has 0 aliphatic heterocycles. The molecule has 0 heterocycles. The summed E-state index contributed by atoms with van der Waals surface area (Å²) in [6.45, 7) is 6.87. The molecule has 0 radical (unpaired) electrons. The zero-order valence-corrected chi connectivity index (χ0v) is 14.7. The van der Waals surface area contributed by atoms with Crippen LogP contribution in [-0.2, 0) is 10.0 Å². The Bertz CT molecular complexity index is 367. The predicted molar refractivity (Wildman–Crippen MR) is 89.0 cm³/mol. The zero-order chi connectivity index (χ0) is 15.7. The highest BCUT2D eigenvalue weighted by Gasteiger charge is 2.19. The number of hydrogen-bond acceptors (Lipinski definition) is 4. The van der Waals surface area contributed by atoms with Crippen molar-refractivity contribution >= 4 is 10.0 Å². The van der Waals surface area contributed by atoms with E-state index in [-0.39, 0.29) is 5.75 Å². The van der Waals surface area contributed by atoms with Crippen LogP contribution in [0.2, 0.25) is 0 Å². The van der Waals surface area contributed by atoms with Crippen LogP contribution in [0.3, 0.4) is 0 Å². The minimum Gasteiger partial charge on any atom is -0.314 e. The van der Waals surface area contributed by atoms with Gasteiger partial charge in [0, 0.05) is 18.6 Å². The van der Waals surface area contributed by atoms with Gasteiger partial charge in [0.15, 0.2) is 0 Å². The van der Waals surface area contributed by atoms with Crippen molar-refractivity contribution in [2.75, 3.05) is 32.4 Å². The normalized spacial score (nSPS) is 16.0. The Morgan fingerprint density at radius 3 is 2.38 bits per heavy atom. The fraction of sp³-hybridized carbons (Fsp3) is 1.00. The molecule has 126 valence electrons. The van der Waals surface area contributed by atoms with Crippen molar-refractivity contribution in [1.29, 1.82) is 0 Å². The summed E-state index contributed by atoms with van der Waals surface area (Å²) >= 11 is 0. The first kappa shape index (κ1) is 18.9. The number of sulfonamides is 1. The summed E-state index contributed by atoms with van der Waals surface area (Å²) in [7, 11) is -0.973. The third kappa shape index (κ3) is 10.2. The second kappa shape index (κ2) is 9.77. The summed E-state index contributed by atoms with van der Waals surface area (Å²) in [5.74, 6) is 0.255. The van der Waals surface area contributed by atoms with Crippen LogP contribution in [0.4, 0.5) is 0 Å². The van der Waals surface area contributed by atoms with Gasteiger partial charge in [0.1, 0.15) is 0 Å². The van der Waals surface area contributed by atoms with E-state index in [1.807, 2.05) is 0 Å². The fourth-order valence-electron chi connectivity index (χ4n) is 2.05. The number of unbranched alkanes of at least 4 members (excludes halogenated alkanes) is 2. The highest BCUT2D eigenvalue weighted by molar-refractivity contribution is 7.89. The molecule has 1 aliphatic carbocycles. The number of nitrogens with zero attached hydrogens (tertiary/aromatic N) is 1. The van der Waals surface area contributed by atoms with E-state index in [0.717, 1.165) is 38.8 Å². The van der Waals surface area contributed by atoms with E-state index in [2.05, 4.69) is 35.8 Å². The molecule has 0 aromatic rings. The summed E-state index contributed by atoms with van der Waals surface area (Å²) in [5.41, 5.74) is 0. The largest absolute Gasteiger partial charge is 0.314 e. The lowest BCUT2D eigenvalue weighted by molar-refractivity contribution is 0.268. The van der Waals surface area contributed by atoms with Crippen LogP contribution < -0.4 is 10.0 Å². The highest BCUT2D eigenvalue weighted by atomic mass is 32.2. The van der Waals surface area contributed by atoms with Gasteiger partial charge in [-0.3, -0.25) is 0 Å². The number of rotatable bonds is 13. The molecule has 0 unspecified atom stereocenters. The smallest absolute Gasteiger partial charge is 0.211 e. The summed E-state index contributed by atoms with van der Waals surface area (Å²) in [6, 6.07) is 1.26. The summed E-state index contributed by atoms with van der Waals surface area (Å²) < 4.78 is 26.3. The molecule has 21 heavy (non-hydrogen) atoms. The van der Waals surface area contributed by atoms with E-state index in [1.54, 1.807) is 0 Å². The second-order valence-electron chi connectivity index (χ2n) is 6.43. The van der Waals surface area contributed by atoms with E-state index >= 15 is 0 Å². The Morgan fingerprint density at radius 1 is 1.10 bits per heavy atom.